The first-order chi connectivity index (χ1) is 13.3. The van der Waals surface area contributed by atoms with Gasteiger partial charge in [0.25, 0.3) is 0 Å². The van der Waals surface area contributed by atoms with Crippen LogP contribution in [0.3, 0.4) is 0 Å². The molecule has 0 spiro atoms. The molecule has 5 nitrogen and oxygen atoms in total. The highest BCUT2D eigenvalue weighted by atomic mass is 32.1. The number of rotatable bonds is 7. The van der Waals surface area contributed by atoms with Crippen LogP contribution >= 0.6 is 11.3 Å². The Hall–Kier alpha value is -2.18. The monoisotopic (exact) mass is 381 g/mol. The quantitative estimate of drug-likeness (QED) is 0.629. The van der Waals surface area contributed by atoms with Crippen molar-refractivity contribution in [3.63, 3.8) is 0 Å². The van der Waals surface area contributed by atoms with Gasteiger partial charge in [0.1, 0.15) is 17.0 Å². The summed E-state index contributed by atoms with van der Waals surface area (Å²) in [6.45, 7) is 8.75. The number of nitrogens with one attached hydrogen (secondary N) is 1. The van der Waals surface area contributed by atoms with E-state index < -0.39 is 0 Å². The third-order valence-electron chi connectivity index (χ3n) is 5.17. The largest absolute Gasteiger partial charge is 0.369 e. The third kappa shape index (κ3) is 4.39. The molecule has 3 heterocycles. The van der Waals surface area contributed by atoms with Crippen molar-refractivity contribution in [3.8, 4) is 0 Å². The van der Waals surface area contributed by atoms with E-state index in [1.165, 1.54) is 10.6 Å². The molecule has 1 aromatic carbocycles. The second-order valence-electron chi connectivity index (χ2n) is 6.95. The van der Waals surface area contributed by atoms with E-state index in [1.807, 2.05) is 0 Å². The standard InChI is InChI=1S/C21H27N5S/c1-2-18-15-19-20(23-16-24-21(19)27-18)22-9-6-10-25-11-13-26(14-12-25)17-7-4-3-5-8-17/h3-5,7-8,15-16H,2,6,9-14H2,1H3,(H,22,23,24). The molecule has 0 atom stereocenters. The van der Waals surface area contributed by atoms with Gasteiger partial charge in [0.15, 0.2) is 0 Å². The topological polar surface area (TPSA) is 44.3 Å². The Morgan fingerprint density at radius 2 is 1.89 bits per heavy atom. The van der Waals surface area contributed by atoms with Gasteiger partial charge in [0, 0.05) is 43.3 Å². The lowest BCUT2D eigenvalue weighted by Crippen LogP contribution is -2.46. The van der Waals surface area contributed by atoms with E-state index in [0.29, 0.717) is 0 Å². The Bertz CT molecular complexity index is 855. The van der Waals surface area contributed by atoms with Crippen LogP contribution in [0, 0.1) is 0 Å². The number of fused-ring (bicyclic) bond motifs is 1. The van der Waals surface area contributed by atoms with Crippen LogP contribution in [0.2, 0.25) is 0 Å². The van der Waals surface area contributed by atoms with E-state index >= 15 is 0 Å². The fourth-order valence-electron chi connectivity index (χ4n) is 3.60. The molecular weight excluding hydrogens is 354 g/mol. The van der Waals surface area contributed by atoms with Crippen molar-refractivity contribution < 1.29 is 0 Å². The average molecular weight is 382 g/mol. The lowest BCUT2D eigenvalue weighted by atomic mass is 10.2. The molecule has 0 unspecified atom stereocenters. The van der Waals surface area contributed by atoms with Gasteiger partial charge in [-0.25, -0.2) is 9.97 Å². The number of anilines is 2. The van der Waals surface area contributed by atoms with Crippen LogP contribution in [0.4, 0.5) is 11.5 Å². The zero-order chi connectivity index (χ0) is 18.5. The Labute approximate surface area is 165 Å². The van der Waals surface area contributed by atoms with Crippen LogP contribution in [0.5, 0.6) is 0 Å². The first kappa shape index (κ1) is 18.2. The van der Waals surface area contributed by atoms with Gasteiger partial charge in [-0.1, -0.05) is 25.1 Å². The van der Waals surface area contributed by atoms with Crippen LogP contribution < -0.4 is 10.2 Å². The molecule has 3 aromatic rings. The van der Waals surface area contributed by atoms with E-state index in [1.54, 1.807) is 17.7 Å². The molecule has 0 saturated carbocycles. The second-order valence-corrected chi connectivity index (χ2v) is 8.07. The highest BCUT2D eigenvalue weighted by Crippen LogP contribution is 2.28. The van der Waals surface area contributed by atoms with E-state index in [2.05, 4.69) is 68.4 Å². The van der Waals surface area contributed by atoms with Crippen LogP contribution in [-0.4, -0.2) is 54.1 Å². The fraction of sp³-hybridized carbons (Fsp3) is 0.429. The maximum Gasteiger partial charge on any atom is 0.138 e. The molecule has 6 heteroatoms. The molecule has 1 aliphatic rings. The Kier molecular flexibility index (Phi) is 5.84. The molecule has 142 valence electrons. The van der Waals surface area contributed by atoms with Gasteiger partial charge in [0.05, 0.1) is 5.39 Å². The SMILES string of the molecule is CCc1cc2c(NCCCN3CCN(c4ccccc4)CC3)ncnc2s1. The summed E-state index contributed by atoms with van der Waals surface area (Å²) in [6.07, 6.45) is 3.85. The summed E-state index contributed by atoms with van der Waals surface area (Å²) in [5.41, 5.74) is 1.34. The molecule has 1 N–H and O–H groups in total. The van der Waals surface area contributed by atoms with Crippen molar-refractivity contribution in [2.75, 3.05) is 49.5 Å². The minimum atomic E-state index is 0.947. The number of para-hydroxylation sites is 1. The maximum atomic E-state index is 4.45. The Morgan fingerprint density at radius 1 is 1.07 bits per heavy atom. The van der Waals surface area contributed by atoms with Crippen LogP contribution in [-0.2, 0) is 6.42 Å². The summed E-state index contributed by atoms with van der Waals surface area (Å²) in [5, 5.41) is 4.68. The van der Waals surface area contributed by atoms with Crippen molar-refractivity contribution in [2.45, 2.75) is 19.8 Å². The average Bonchev–Trinajstić information content (AvgIpc) is 3.16. The lowest BCUT2D eigenvalue weighted by Gasteiger charge is -2.36. The van der Waals surface area contributed by atoms with Crippen molar-refractivity contribution in [3.05, 3.63) is 47.6 Å². The summed E-state index contributed by atoms with van der Waals surface area (Å²) in [5.74, 6) is 0.977. The molecular formula is C21H27N5S. The number of aryl methyl sites for hydroxylation is 1. The van der Waals surface area contributed by atoms with E-state index in [9.17, 15) is 0 Å². The van der Waals surface area contributed by atoms with Crippen LogP contribution in [0.25, 0.3) is 10.2 Å². The predicted octanol–water partition coefficient (Wildman–Crippen LogP) is 3.88. The molecule has 0 bridgehead atoms. The molecule has 1 aliphatic heterocycles. The predicted molar refractivity (Wildman–Crippen MR) is 115 cm³/mol. The molecule has 4 rings (SSSR count). The van der Waals surface area contributed by atoms with Gasteiger partial charge in [0.2, 0.25) is 0 Å². The van der Waals surface area contributed by atoms with Crippen molar-refractivity contribution in [2.24, 2.45) is 0 Å². The first-order valence-corrected chi connectivity index (χ1v) is 10.6. The highest BCUT2D eigenvalue weighted by molar-refractivity contribution is 7.18. The number of piperazine rings is 1. The van der Waals surface area contributed by atoms with Gasteiger partial charge >= 0.3 is 0 Å². The summed E-state index contributed by atoms with van der Waals surface area (Å²) in [7, 11) is 0. The van der Waals surface area contributed by atoms with Gasteiger partial charge in [-0.3, -0.25) is 4.90 Å². The normalized spacial score (nSPS) is 15.4. The number of nitrogens with zero attached hydrogens (tertiary/aromatic N) is 4. The third-order valence-corrected chi connectivity index (χ3v) is 6.35. The van der Waals surface area contributed by atoms with E-state index in [-0.39, 0.29) is 0 Å². The van der Waals surface area contributed by atoms with Crippen molar-refractivity contribution in [1.82, 2.24) is 14.9 Å². The highest BCUT2D eigenvalue weighted by Gasteiger charge is 2.16. The fourth-order valence-corrected chi connectivity index (χ4v) is 4.53. The zero-order valence-electron chi connectivity index (χ0n) is 15.9. The summed E-state index contributed by atoms with van der Waals surface area (Å²) < 4.78 is 0. The van der Waals surface area contributed by atoms with Gasteiger partial charge < -0.3 is 10.2 Å². The van der Waals surface area contributed by atoms with Gasteiger partial charge in [-0.2, -0.15) is 0 Å². The number of thiophene rings is 1. The number of hydrogen-bond acceptors (Lipinski definition) is 6. The molecule has 1 saturated heterocycles. The van der Waals surface area contributed by atoms with Crippen LogP contribution in [0.15, 0.2) is 42.7 Å². The number of aromatic nitrogens is 2. The smallest absolute Gasteiger partial charge is 0.138 e. The summed E-state index contributed by atoms with van der Waals surface area (Å²) >= 11 is 1.77. The van der Waals surface area contributed by atoms with Crippen molar-refractivity contribution >= 4 is 33.1 Å². The molecule has 2 aromatic heterocycles. The zero-order valence-corrected chi connectivity index (χ0v) is 16.7. The van der Waals surface area contributed by atoms with E-state index in [4.69, 9.17) is 0 Å². The first-order valence-electron chi connectivity index (χ1n) is 9.83. The van der Waals surface area contributed by atoms with E-state index in [0.717, 1.165) is 68.1 Å². The Balaban J connectivity index is 1.23. The molecule has 1 fully saturated rings. The summed E-state index contributed by atoms with van der Waals surface area (Å²) in [6, 6.07) is 13.0. The molecule has 27 heavy (non-hydrogen) atoms. The van der Waals surface area contributed by atoms with Crippen LogP contribution in [0.1, 0.15) is 18.2 Å². The van der Waals surface area contributed by atoms with Gasteiger partial charge in [-0.15, -0.1) is 11.3 Å². The molecule has 0 amide bonds. The maximum absolute atomic E-state index is 4.45. The number of benzene rings is 1. The second kappa shape index (κ2) is 8.67. The minimum absolute atomic E-state index is 0.947. The lowest BCUT2D eigenvalue weighted by molar-refractivity contribution is 0.257. The summed E-state index contributed by atoms with van der Waals surface area (Å²) in [4.78, 5) is 16.3. The Morgan fingerprint density at radius 3 is 2.67 bits per heavy atom. The molecule has 0 radical (unpaired) electrons. The number of hydrogen-bond donors (Lipinski definition) is 1. The minimum Gasteiger partial charge on any atom is -0.369 e. The van der Waals surface area contributed by atoms with Crippen molar-refractivity contribution in [1.29, 1.82) is 0 Å². The van der Waals surface area contributed by atoms with Gasteiger partial charge in [-0.05, 0) is 37.6 Å². The molecule has 0 aliphatic carbocycles.